The average molecular weight is 303 g/mol. The molecule has 7 heteroatoms. The predicted octanol–water partition coefficient (Wildman–Crippen LogP) is 3.29. The molecule has 0 amide bonds. The summed E-state index contributed by atoms with van der Waals surface area (Å²) in [5.41, 5.74) is 0. The number of fused-ring (bicyclic) bond motifs is 1. The summed E-state index contributed by atoms with van der Waals surface area (Å²) in [6.07, 6.45) is 2.63. The van der Waals surface area contributed by atoms with E-state index in [9.17, 15) is 0 Å². The Hall–Kier alpha value is -2.15. The molecule has 110 valence electrons. The summed E-state index contributed by atoms with van der Waals surface area (Å²) in [6, 6.07) is 3.99. The highest BCUT2D eigenvalue weighted by atomic mass is 32.1. The van der Waals surface area contributed by atoms with Crippen molar-refractivity contribution in [3.8, 4) is 0 Å². The van der Waals surface area contributed by atoms with Gasteiger partial charge in [0.05, 0.1) is 18.1 Å². The molecule has 21 heavy (non-hydrogen) atoms. The van der Waals surface area contributed by atoms with Gasteiger partial charge in [0.25, 0.3) is 0 Å². The van der Waals surface area contributed by atoms with E-state index in [1.54, 1.807) is 17.5 Å². The Balaban J connectivity index is 1.94. The van der Waals surface area contributed by atoms with Crippen LogP contribution in [0.5, 0.6) is 0 Å². The molecule has 3 aromatic rings. The predicted molar refractivity (Wildman–Crippen MR) is 84.8 cm³/mol. The van der Waals surface area contributed by atoms with Gasteiger partial charge in [0.15, 0.2) is 5.76 Å². The van der Waals surface area contributed by atoms with Crippen molar-refractivity contribution in [2.24, 2.45) is 0 Å². The van der Waals surface area contributed by atoms with Crippen molar-refractivity contribution in [3.63, 3.8) is 0 Å². The number of rotatable bonds is 6. The molecular formula is C14H17N5OS. The molecule has 0 radical (unpaired) electrons. The highest BCUT2D eigenvalue weighted by Crippen LogP contribution is 2.30. The van der Waals surface area contributed by atoms with Crippen LogP contribution in [-0.2, 0) is 13.0 Å². The van der Waals surface area contributed by atoms with Crippen LogP contribution in [0.15, 0.2) is 22.9 Å². The fourth-order valence-electron chi connectivity index (χ4n) is 2.02. The third-order valence-corrected chi connectivity index (χ3v) is 4.22. The molecule has 0 atom stereocenters. The lowest BCUT2D eigenvalue weighted by atomic mass is 10.3. The van der Waals surface area contributed by atoms with Crippen molar-refractivity contribution in [3.05, 3.63) is 29.0 Å². The van der Waals surface area contributed by atoms with Gasteiger partial charge in [-0.05, 0) is 19.4 Å². The molecule has 3 aromatic heterocycles. The van der Waals surface area contributed by atoms with Crippen LogP contribution in [0.1, 0.15) is 24.5 Å². The third kappa shape index (κ3) is 2.97. The SMILES string of the molecule is CCNc1nc(NCc2ccno2)c2cc(CC)sc2n1. The first-order valence-electron chi connectivity index (χ1n) is 6.98. The largest absolute Gasteiger partial charge is 0.362 e. The van der Waals surface area contributed by atoms with E-state index in [1.165, 1.54) is 4.88 Å². The van der Waals surface area contributed by atoms with Gasteiger partial charge in [0.1, 0.15) is 10.6 Å². The normalized spacial score (nSPS) is 11.0. The summed E-state index contributed by atoms with van der Waals surface area (Å²) in [7, 11) is 0. The van der Waals surface area contributed by atoms with E-state index in [-0.39, 0.29) is 0 Å². The molecule has 6 nitrogen and oxygen atoms in total. The van der Waals surface area contributed by atoms with Gasteiger partial charge < -0.3 is 15.2 Å². The lowest BCUT2D eigenvalue weighted by Gasteiger charge is -2.07. The van der Waals surface area contributed by atoms with Crippen LogP contribution in [-0.4, -0.2) is 21.7 Å². The molecular weight excluding hydrogens is 286 g/mol. The van der Waals surface area contributed by atoms with E-state index < -0.39 is 0 Å². The average Bonchev–Trinajstić information content (AvgIpc) is 3.14. The Bertz CT molecular complexity index is 722. The molecule has 0 unspecified atom stereocenters. The van der Waals surface area contributed by atoms with Crippen LogP contribution in [0.25, 0.3) is 10.2 Å². The molecule has 0 aromatic carbocycles. The number of nitrogens with zero attached hydrogens (tertiary/aromatic N) is 3. The van der Waals surface area contributed by atoms with Gasteiger partial charge in [-0.3, -0.25) is 0 Å². The zero-order valence-corrected chi connectivity index (χ0v) is 12.8. The Morgan fingerprint density at radius 1 is 1.24 bits per heavy atom. The lowest BCUT2D eigenvalue weighted by molar-refractivity contribution is 0.388. The van der Waals surface area contributed by atoms with E-state index in [4.69, 9.17) is 4.52 Å². The van der Waals surface area contributed by atoms with E-state index in [2.05, 4.69) is 38.7 Å². The first-order chi connectivity index (χ1) is 10.3. The van der Waals surface area contributed by atoms with Gasteiger partial charge in [-0.2, -0.15) is 4.98 Å². The Morgan fingerprint density at radius 3 is 2.86 bits per heavy atom. The number of anilines is 2. The van der Waals surface area contributed by atoms with Crippen molar-refractivity contribution in [2.75, 3.05) is 17.2 Å². The second kappa shape index (κ2) is 6.09. The van der Waals surface area contributed by atoms with Crippen LogP contribution in [0.3, 0.4) is 0 Å². The maximum Gasteiger partial charge on any atom is 0.226 e. The third-order valence-electron chi connectivity index (χ3n) is 3.05. The van der Waals surface area contributed by atoms with E-state index >= 15 is 0 Å². The van der Waals surface area contributed by atoms with Crippen LogP contribution in [0.4, 0.5) is 11.8 Å². The number of hydrogen-bond donors (Lipinski definition) is 2. The van der Waals surface area contributed by atoms with Gasteiger partial charge >= 0.3 is 0 Å². The minimum atomic E-state index is 0.551. The molecule has 0 bridgehead atoms. The first kappa shape index (κ1) is 13.8. The van der Waals surface area contributed by atoms with Gasteiger partial charge in [-0.25, -0.2) is 4.98 Å². The maximum atomic E-state index is 5.10. The van der Waals surface area contributed by atoms with E-state index in [0.29, 0.717) is 12.5 Å². The summed E-state index contributed by atoms with van der Waals surface area (Å²) in [5.74, 6) is 2.25. The highest BCUT2D eigenvalue weighted by molar-refractivity contribution is 7.18. The standard InChI is InChI=1S/C14H17N5OS/c1-3-10-7-11-12(16-8-9-5-6-17-20-9)18-14(15-4-2)19-13(11)21-10/h5-7H,3-4,8H2,1-2H3,(H2,15,16,18,19). The first-order valence-corrected chi connectivity index (χ1v) is 7.79. The van der Waals surface area contributed by atoms with E-state index in [0.717, 1.165) is 34.8 Å². The van der Waals surface area contributed by atoms with Crippen LogP contribution < -0.4 is 10.6 Å². The summed E-state index contributed by atoms with van der Waals surface area (Å²) >= 11 is 1.71. The van der Waals surface area contributed by atoms with Crippen LogP contribution in [0.2, 0.25) is 0 Å². The smallest absolute Gasteiger partial charge is 0.226 e. The maximum absolute atomic E-state index is 5.10. The monoisotopic (exact) mass is 303 g/mol. The lowest BCUT2D eigenvalue weighted by Crippen LogP contribution is -2.06. The molecule has 0 aliphatic rings. The number of aryl methyl sites for hydroxylation is 1. The molecule has 0 saturated heterocycles. The number of hydrogen-bond acceptors (Lipinski definition) is 7. The second-order valence-electron chi connectivity index (χ2n) is 4.54. The summed E-state index contributed by atoms with van der Waals surface area (Å²) in [6.45, 7) is 5.51. The Kier molecular flexibility index (Phi) is 4.01. The van der Waals surface area contributed by atoms with Crippen molar-refractivity contribution < 1.29 is 4.52 Å². The topological polar surface area (TPSA) is 75.9 Å². The quantitative estimate of drug-likeness (QED) is 0.728. The zero-order valence-electron chi connectivity index (χ0n) is 12.0. The van der Waals surface area contributed by atoms with Gasteiger partial charge in [0.2, 0.25) is 5.95 Å². The number of nitrogens with one attached hydrogen (secondary N) is 2. The molecule has 3 rings (SSSR count). The van der Waals surface area contributed by atoms with Gasteiger partial charge in [-0.15, -0.1) is 11.3 Å². The summed E-state index contributed by atoms with van der Waals surface area (Å²) < 4.78 is 5.10. The second-order valence-corrected chi connectivity index (χ2v) is 5.66. The summed E-state index contributed by atoms with van der Waals surface area (Å²) in [5, 5.41) is 11.2. The Morgan fingerprint density at radius 2 is 2.14 bits per heavy atom. The van der Waals surface area contributed by atoms with Crippen molar-refractivity contribution >= 4 is 33.3 Å². The molecule has 0 fully saturated rings. The molecule has 0 saturated carbocycles. The fraction of sp³-hybridized carbons (Fsp3) is 0.357. The minimum absolute atomic E-state index is 0.551. The number of aromatic nitrogens is 3. The van der Waals surface area contributed by atoms with E-state index in [1.807, 2.05) is 13.0 Å². The van der Waals surface area contributed by atoms with Crippen molar-refractivity contribution in [1.29, 1.82) is 0 Å². The molecule has 0 aliphatic heterocycles. The fourth-order valence-corrected chi connectivity index (χ4v) is 2.99. The van der Waals surface area contributed by atoms with Gasteiger partial charge in [-0.1, -0.05) is 12.1 Å². The highest BCUT2D eigenvalue weighted by Gasteiger charge is 2.11. The summed E-state index contributed by atoms with van der Waals surface area (Å²) in [4.78, 5) is 11.4. The van der Waals surface area contributed by atoms with Crippen LogP contribution in [0, 0.1) is 0 Å². The minimum Gasteiger partial charge on any atom is -0.362 e. The zero-order chi connectivity index (χ0) is 14.7. The molecule has 0 spiro atoms. The van der Waals surface area contributed by atoms with Crippen molar-refractivity contribution in [2.45, 2.75) is 26.8 Å². The molecule has 2 N–H and O–H groups in total. The van der Waals surface area contributed by atoms with Gasteiger partial charge in [0, 0.05) is 17.5 Å². The molecule has 0 aliphatic carbocycles. The van der Waals surface area contributed by atoms with Crippen LogP contribution >= 0.6 is 11.3 Å². The van der Waals surface area contributed by atoms with Crippen molar-refractivity contribution in [1.82, 2.24) is 15.1 Å². The number of thiophene rings is 1. The Labute approximate surface area is 126 Å². The molecule has 3 heterocycles.